The number of carbonyl (C=O) groups excluding carboxylic acids is 1. The highest BCUT2D eigenvalue weighted by Gasteiger charge is 2.21. The third kappa shape index (κ3) is 4.49. The molecule has 0 aromatic heterocycles. The number of carbonyl (C=O) groups is 1. The van der Waals surface area contributed by atoms with Gasteiger partial charge >= 0.3 is 0 Å². The van der Waals surface area contributed by atoms with Crippen LogP contribution in [0, 0.1) is 0 Å². The van der Waals surface area contributed by atoms with Gasteiger partial charge in [-0.2, -0.15) is 0 Å². The third-order valence-electron chi connectivity index (χ3n) is 3.76. The van der Waals surface area contributed by atoms with E-state index in [4.69, 9.17) is 14.2 Å². The molecule has 24 heavy (non-hydrogen) atoms. The minimum absolute atomic E-state index is 0.0187. The number of rotatable bonds is 5. The number of benzene rings is 2. The fraction of sp³-hybridized carbons (Fsp3) is 0.316. The molecular weight excluding hydrogens is 306 g/mol. The van der Waals surface area contributed by atoms with Crippen molar-refractivity contribution in [1.29, 1.82) is 0 Å². The van der Waals surface area contributed by atoms with Gasteiger partial charge in [-0.3, -0.25) is 4.79 Å². The number of nitrogens with zero attached hydrogens (tertiary/aromatic N) is 1. The summed E-state index contributed by atoms with van der Waals surface area (Å²) in [4.78, 5) is 13.9. The third-order valence-corrected chi connectivity index (χ3v) is 3.76. The molecule has 1 aliphatic rings. The summed E-state index contributed by atoms with van der Waals surface area (Å²) in [6.45, 7) is 3.82. The minimum Gasteiger partial charge on any atom is -0.484 e. The molecule has 0 spiro atoms. The lowest BCUT2D eigenvalue weighted by Gasteiger charge is -2.31. The predicted octanol–water partition coefficient (Wildman–Crippen LogP) is 3.11. The summed E-state index contributed by atoms with van der Waals surface area (Å²) in [6, 6.07) is 16.8. The van der Waals surface area contributed by atoms with Crippen molar-refractivity contribution < 1.29 is 19.0 Å². The maximum atomic E-state index is 12.1. The van der Waals surface area contributed by atoms with Crippen LogP contribution in [0.1, 0.15) is 6.92 Å². The SMILES string of the molecule is CC1CN(C(=O)COc2ccc(Oc3ccccc3)cc2)CCO1. The van der Waals surface area contributed by atoms with Crippen LogP contribution in [0.3, 0.4) is 0 Å². The first-order chi connectivity index (χ1) is 11.7. The van der Waals surface area contributed by atoms with Gasteiger partial charge in [-0.1, -0.05) is 18.2 Å². The lowest BCUT2D eigenvalue weighted by molar-refractivity contribution is -0.140. The van der Waals surface area contributed by atoms with Gasteiger partial charge in [0.05, 0.1) is 12.7 Å². The van der Waals surface area contributed by atoms with Gasteiger partial charge in [0, 0.05) is 13.1 Å². The molecule has 1 aliphatic heterocycles. The highest BCUT2D eigenvalue weighted by molar-refractivity contribution is 5.77. The first-order valence-electron chi connectivity index (χ1n) is 8.06. The molecule has 1 heterocycles. The summed E-state index contributed by atoms with van der Waals surface area (Å²) in [5.41, 5.74) is 0. The van der Waals surface area contributed by atoms with Crippen LogP contribution in [0.5, 0.6) is 17.2 Å². The molecule has 2 aromatic rings. The summed E-state index contributed by atoms with van der Waals surface area (Å²) >= 11 is 0. The molecule has 0 aliphatic carbocycles. The second-order valence-corrected chi connectivity index (χ2v) is 5.70. The maximum Gasteiger partial charge on any atom is 0.260 e. The lowest BCUT2D eigenvalue weighted by Crippen LogP contribution is -2.46. The summed E-state index contributed by atoms with van der Waals surface area (Å²) in [7, 11) is 0. The van der Waals surface area contributed by atoms with Crippen molar-refractivity contribution in [3.05, 3.63) is 54.6 Å². The Bertz CT molecular complexity index is 657. The van der Waals surface area contributed by atoms with Gasteiger partial charge in [0.15, 0.2) is 6.61 Å². The summed E-state index contributed by atoms with van der Waals surface area (Å²) in [6.07, 6.45) is 0.0807. The van der Waals surface area contributed by atoms with E-state index in [0.29, 0.717) is 25.4 Å². The van der Waals surface area contributed by atoms with Crippen LogP contribution in [0.25, 0.3) is 0 Å². The van der Waals surface area contributed by atoms with E-state index in [0.717, 1.165) is 11.5 Å². The van der Waals surface area contributed by atoms with E-state index >= 15 is 0 Å². The average Bonchev–Trinajstić information content (AvgIpc) is 2.62. The van der Waals surface area contributed by atoms with Crippen LogP contribution in [-0.4, -0.2) is 43.2 Å². The van der Waals surface area contributed by atoms with E-state index in [9.17, 15) is 4.79 Å². The zero-order valence-electron chi connectivity index (χ0n) is 13.7. The van der Waals surface area contributed by atoms with Crippen molar-refractivity contribution in [2.45, 2.75) is 13.0 Å². The second kappa shape index (κ2) is 7.84. The maximum absolute atomic E-state index is 12.1. The van der Waals surface area contributed by atoms with E-state index < -0.39 is 0 Å². The Balaban J connectivity index is 1.50. The smallest absolute Gasteiger partial charge is 0.260 e. The lowest BCUT2D eigenvalue weighted by atomic mass is 10.3. The van der Waals surface area contributed by atoms with E-state index in [-0.39, 0.29) is 18.6 Å². The molecule has 1 saturated heterocycles. The summed E-state index contributed by atoms with van der Waals surface area (Å²) in [5, 5.41) is 0. The molecule has 5 heteroatoms. The van der Waals surface area contributed by atoms with E-state index in [1.807, 2.05) is 49.4 Å². The van der Waals surface area contributed by atoms with Gasteiger partial charge in [-0.15, -0.1) is 0 Å². The summed E-state index contributed by atoms with van der Waals surface area (Å²) < 4.78 is 16.7. The molecule has 0 bridgehead atoms. The number of hydrogen-bond donors (Lipinski definition) is 0. The Morgan fingerprint density at radius 3 is 2.46 bits per heavy atom. The number of ether oxygens (including phenoxy) is 3. The fourth-order valence-electron chi connectivity index (χ4n) is 2.51. The van der Waals surface area contributed by atoms with E-state index in [2.05, 4.69) is 0 Å². The molecule has 1 amide bonds. The van der Waals surface area contributed by atoms with Gasteiger partial charge < -0.3 is 19.1 Å². The second-order valence-electron chi connectivity index (χ2n) is 5.70. The Morgan fingerprint density at radius 2 is 1.75 bits per heavy atom. The zero-order chi connectivity index (χ0) is 16.8. The number of amides is 1. The van der Waals surface area contributed by atoms with Crippen LogP contribution in [0.15, 0.2) is 54.6 Å². The minimum atomic E-state index is -0.0187. The molecule has 0 N–H and O–H groups in total. The first-order valence-corrected chi connectivity index (χ1v) is 8.06. The van der Waals surface area contributed by atoms with Crippen LogP contribution in [0.4, 0.5) is 0 Å². The molecule has 1 atom stereocenters. The van der Waals surface area contributed by atoms with Gasteiger partial charge in [0.25, 0.3) is 5.91 Å². The summed E-state index contributed by atoms with van der Waals surface area (Å²) in [5.74, 6) is 2.13. The Morgan fingerprint density at radius 1 is 1.08 bits per heavy atom. The first kappa shape index (κ1) is 16.3. The standard InChI is InChI=1S/C19H21NO4/c1-15-13-20(11-12-22-15)19(21)14-23-16-7-9-18(10-8-16)24-17-5-3-2-4-6-17/h2-10,15H,11-14H2,1H3. The molecule has 126 valence electrons. The number of hydrogen-bond acceptors (Lipinski definition) is 4. The molecule has 1 unspecified atom stereocenters. The molecular formula is C19H21NO4. The van der Waals surface area contributed by atoms with Crippen molar-refractivity contribution in [3.8, 4) is 17.2 Å². The average molecular weight is 327 g/mol. The van der Waals surface area contributed by atoms with E-state index in [1.54, 1.807) is 17.0 Å². The van der Waals surface area contributed by atoms with Crippen molar-refractivity contribution in [3.63, 3.8) is 0 Å². The zero-order valence-corrected chi connectivity index (χ0v) is 13.7. The fourth-order valence-corrected chi connectivity index (χ4v) is 2.51. The largest absolute Gasteiger partial charge is 0.484 e. The van der Waals surface area contributed by atoms with Crippen LogP contribution >= 0.6 is 0 Å². The van der Waals surface area contributed by atoms with Gasteiger partial charge in [0.1, 0.15) is 17.2 Å². The van der Waals surface area contributed by atoms with Crippen molar-refractivity contribution >= 4 is 5.91 Å². The number of para-hydroxylation sites is 1. The normalized spacial score (nSPS) is 17.4. The monoisotopic (exact) mass is 327 g/mol. The number of morpholine rings is 1. The molecule has 1 fully saturated rings. The Hall–Kier alpha value is -2.53. The van der Waals surface area contributed by atoms with Gasteiger partial charge in [0.2, 0.25) is 0 Å². The molecule has 0 radical (unpaired) electrons. The van der Waals surface area contributed by atoms with Crippen molar-refractivity contribution in [1.82, 2.24) is 4.90 Å². The quantitative estimate of drug-likeness (QED) is 0.847. The van der Waals surface area contributed by atoms with Gasteiger partial charge in [-0.05, 0) is 43.3 Å². The topological polar surface area (TPSA) is 48.0 Å². The Labute approximate surface area is 141 Å². The van der Waals surface area contributed by atoms with Crippen LogP contribution < -0.4 is 9.47 Å². The van der Waals surface area contributed by atoms with Crippen molar-refractivity contribution in [2.75, 3.05) is 26.3 Å². The molecule has 0 saturated carbocycles. The van der Waals surface area contributed by atoms with Gasteiger partial charge in [-0.25, -0.2) is 0 Å². The van der Waals surface area contributed by atoms with Crippen molar-refractivity contribution in [2.24, 2.45) is 0 Å². The van der Waals surface area contributed by atoms with E-state index in [1.165, 1.54) is 0 Å². The van der Waals surface area contributed by atoms with Crippen LogP contribution in [0.2, 0.25) is 0 Å². The molecule has 5 nitrogen and oxygen atoms in total. The predicted molar refractivity (Wildman–Crippen MR) is 90.4 cm³/mol. The molecule has 3 rings (SSSR count). The highest BCUT2D eigenvalue weighted by Crippen LogP contribution is 2.23. The van der Waals surface area contributed by atoms with Crippen LogP contribution in [-0.2, 0) is 9.53 Å². The molecule has 2 aromatic carbocycles. The highest BCUT2D eigenvalue weighted by atomic mass is 16.5. The Kier molecular flexibility index (Phi) is 5.33.